The van der Waals surface area contributed by atoms with Crippen molar-refractivity contribution in [2.45, 2.75) is 13.0 Å². The Morgan fingerprint density at radius 3 is 3.00 bits per heavy atom. The van der Waals surface area contributed by atoms with Crippen LogP contribution in [0.25, 0.3) is 0 Å². The van der Waals surface area contributed by atoms with Gasteiger partial charge in [-0.1, -0.05) is 0 Å². The molecule has 1 atom stereocenters. The highest BCUT2D eigenvalue weighted by Gasteiger charge is 2.21. The minimum Gasteiger partial charge on any atom is -0.336 e. The molecule has 1 aliphatic heterocycles. The molecule has 0 aliphatic carbocycles. The quantitative estimate of drug-likeness (QED) is 0.786. The molecule has 0 aromatic heterocycles. The fourth-order valence-corrected chi connectivity index (χ4v) is 2.44. The zero-order chi connectivity index (χ0) is 12.4. The van der Waals surface area contributed by atoms with E-state index in [1.54, 1.807) is 12.1 Å². The van der Waals surface area contributed by atoms with E-state index in [9.17, 15) is 9.18 Å². The van der Waals surface area contributed by atoms with E-state index in [-0.39, 0.29) is 11.7 Å². The predicted molar refractivity (Wildman–Crippen MR) is 72.5 cm³/mol. The van der Waals surface area contributed by atoms with E-state index < -0.39 is 0 Å². The number of hydrogen-bond acceptors (Lipinski definition) is 2. The Morgan fingerprint density at radius 1 is 1.59 bits per heavy atom. The lowest BCUT2D eigenvalue weighted by Gasteiger charge is -2.32. The molecular weight excluding hydrogens is 334 g/mol. The fraction of sp³-hybridized carbons (Fsp3) is 0.417. The molecule has 1 fully saturated rings. The summed E-state index contributed by atoms with van der Waals surface area (Å²) in [5.41, 5.74) is 0.560. The molecule has 1 aromatic rings. The van der Waals surface area contributed by atoms with Crippen molar-refractivity contribution in [3.8, 4) is 0 Å². The van der Waals surface area contributed by atoms with Gasteiger partial charge in [-0.15, -0.1) is 0 Å². The first-order valence-corrected chi connectivity index (χ1v) is 6.63. The first-order chi connectivity index (χ1) is 8.08. The topological polar surface area (TPSA) is 32.3 Å². The van der Waals surface area contributed by atoms with Gasteiger partial charge in [0.25, 0.3) is 5.91 Å². The Balaban J connectivity index is 2.15. The van der Waals surface area contributed by atoms with Crippen molar-refractivity contribution in [1.82, 2.24) is 10.2 Å². The van der Waals surface area contributed by atoms with Crippen LogP contribution in [0.3, 0.4) is 0 Å². The van der Waals surface area contributed by atoms with E-state index in [0.717, 1.165) is 6.54 Å². The Bertz CT molecular complexity index is 439. The van der Waals surface area contributed by atoms with Crippen molar-refractivity contribution in [2.24, 2.45) is 0 Å². The van der Waals surface area contributed by atoms with Crippen molar-refractivity contribution in [1.29, 1.82) is 0 Å². The van der Waals surface area contributed by atoms with Crippen molar-refractivity contribution < 1.29 is 9.18 Å². The highest BCUT2D eigenvalue weighted by atomic mass is 127. The van der Waals surface area contributed by atoms with Crippen molar-refractivity contribution in [3.05, 3.63) is 33.1 Å². The molecule has 1 aliphatic rings. The summed E-state index contributed by atoms with van der Waals surface area (Å²) in [6, 6.07) is 4.81. The third-order valence-electron chi connectivity index (χ3n) is 2.82. The second kappa shape index (κ2) is 5.30. The highest BCUT2D eigenvalue weighted by molar-refractivity contribution is 14.1. The van der Waals surface area contributed by atoms with E-state index in [1.165, 1.54) is 6.07 Å². The lowest BCUT2D eigenvalue weighted by molar-refractivity contribution is 0.0709. The summed E-state index contributed by atoms with van der Waals surface area (Å²) in [4.78, 5) is 14.0. The van der Waals surface area contributed by atoms with Gasteiger partial charge in [0.05, 0.1) is 0 Å². The first-order valence-electron chi connectivity index (χ1n) is 5.55. The molecule has 5 heteroatoms. The van der Waals surface area contributed by atoms with Gasteiger partial charge in [0.2, 0.25) is 0 Å². The number of halogens is 2. The fourth-order valence-electron chi connectivity index (χ4n) is 1.93. The van der Waals surface area contributed by atoms with Crippen LogP contribution in [-0.4, -0.2) is 36.5 Å². The maximum absolute atomic E-state index is 13.1. The summed E-state index contributed by atoms with van der Waals surface area (Å²) < 4.78 is 13.6. The lowest BCUT2D eigenvalue weighted by atomic mass is 10.1. The standard InChI is InChI=1S/C12H14FIN2O/c1-8-7-16(5-4-15-8)12(17)9-2-3-10(13)11(14)6-9/h2-3,6,8,15H,4-5,7H2,1H3/t8-/m1/s1. The van der Waals surface area contributed by atoms with E-state index in [0.29, 0.717) is 28.3 Å². The van der Waals surface area contributed by atoms with Gasteiger partial charge < -0.3 is 10.2 Å². The van der Waals surface area contributed by atoms with Crippen molar-refractivity contribution in [2.75, 3.05) is 19.6 Å². The van der Waals surface area contributed by atoms with Crippen LogP contribution in [-0.2, 0) is 0 Å². The van der Waals surface area contributed by atoms with Crippen LogP contribution in [0.5, 0.6) is 0 Å². The first kappa shape index (κ1) is 12.8. The van der Waals surface area contributed by atoms with Gasteiger partial charge in [0.1, 0.15) is 5.82 Å². The molecule has 0 unspecified atom stereocenters. The average Bonchev–Trinajstić information content (AvgIpc) is 2.32. The molecule has 92 valence electrons. The van der Waals surface area contributed by atoms with Crippen molar-refractivity contribution >= 4 is 28.5 Å². The summed E-state index contributed by atoms with van der Waals surface area (Å²) in [6.45, 7) is 4.27. The number of carbonyl (C=O) groups is 1. The average molecular weight is 348 g/mol. The molecule has 0 spiro atoms. The zero-order valence-corrected chi connectivity index (χ0v) is 11.7. The molecular formula is C12H14FIN2O. The van der Waals surface area contributed by atoms with Crippen LogP contribution in [0.1, 0.15) is 17.3 Å². The molecule has 1 saturated heterocycles. The second-order valence-corrected chi connectivity index (χ2v) is 5.40. The van der Waals surface area contributed by atoms with Crippen LogP contribution < -0.4 is 5.32 Å². The summed E-state index contributed by atoms with van der Waals surface area (Å²) in [5, 5.41) is 3.28. The normalized spacial score (nSPS) is 20.4. The van der Waals surface area contributed by atoms with Gasteiger partial charge in [-0.05, 0) is 47.7 Å². The molecule has 0 radical (unpaired) electrons. The predicted octanol–water partition coefficient (Wildman–Crippen LogP) is 1.86. The molecule has 2 rings (SSSR count). The van der Waals surface area contributed by atoms with Gasteiger partial charge in [-0.25, -0.2) is 4.39 Å². The number of rotatable bonds is 1. The summed E-state index contributed by atoms with van der Waals surface area (Å²) >= 11 is 1.90. The van der Waals surface area contributed by atoms with Crippen molar-refractivity contribution in [3.63, 3.8) is 0 Å². The molecule has 3 nitrogen and oxygen atoms in total. The Hall–Kier alpha value is -0.690. The number of amides is 1. The van der Waals surface area contributed by atoms with Gasteiger partial charge >= 0.3 is 0 Å². The van der Waals surface area contributed by atoms with Gasteiger partial charge in [-0.3, -0.25) is 4.79 Å². The lowest BCUT2D eigenvalue weighted by Crippen LogP contribution is -2.51. The van der Waals surface area contributed by atoms with E-state index in [1.807, 2.05) is 34.4 Å². The number of benzene rings is 1. The molecule has 0 bridgehead atoms. The number of piperazine rings is 1. The third-order valence-corrected chi connectivity index (χ3v) is 3.65. The monoisotopic (exact) mass is 348 g/mol. The maximum Gasteiger partial charge on any atom is 0.253 e. The number of nitrogens with one attached hydrogen (secondary N) is 1. The minimum atomic E-state index is -0.282. The highest BCUT2D eigenvalue weighted by Crippen LogP contribution is 2.15. The molecule has 1 N–H and O–H groups in total. The molecule has 17 heavy (non-hydrogen) atoms. The minimum absolute atomic E-state index is 0.0173. The molecule has 0 saturated carbocycles. The van der Waals surface area contributed by atoms with Gasteiger partial charge in [0.15, 0.2) is 0 Å². The Morgan fingerprint density at radius 2 is 2.35 bits per heavy atom. The molecule has 1 heterocycles. The summed E-state index contributed by atoms with van der Waals surface area (Å²) in [6.07, 6.45) is 0. The smallest absolute Gasteiger partial charge is 0.253 e. The van der Waals surface area contributed by atoms with E-state index in [4.69, 9.17) is 0 Å². The van der Waals surface area contributed by atoms with Gasteiger partial charge in [-0.2, -0.15) is 0 Å². The third kappa shape index (κ3) is 2.95. The maximum atomic E-state index is 13.1. The zero-order valence-electron chi connectivity index (χ0n) is 9.54. The van der Waals surface area contributed by atoms with Crippen LogP contribution >= 0.6 is 22.6 Å². The van der Waals surface area contributed by atoms with E-state index >= 15 is 0 Å². The van der Waals surface area contributed by atoms with E-state index in [2.05, 4.69) is 5.32 Å². The molecule has 1 amide bonds. The van der Waals surface area contributed by atoms with Gasteiger partial charge in [0, 0.05) is 34.8 Å². The Kier molecular flexibility index (Phi) is 3.98. The number of nitrogens with zero attached hydrogens (tertiary/aromatic N) is 1. The van der Waals surface area contributed by atoms with Crippen LogP contribution in [0.4, 0.5) is 4.39 Å². The summed E-state index contributed by atoms with van der Waals surface area (Å²) in [7, 11) is 0. The second-order valence-electron chi connectivity index (χ2n) is 4.24. The Labute approximate surface area is 114 Å². The van der Waals surface area contributed by atoms with Crippen LogP contribution in [0, 0.1) is 9.39 Å². The van der Waals surface area contributed by atoms with Crippen LogP contribution in [0.15, 0.2) is 18.2 Å². The molecule has 1 aromatic carbocycles. The van der Waals surface area contributed by atoms with Crippen LogP contribution in [0.2, 0.25) is 0 Å². The number of carbonyl (C=O) groups excluding carboxylic acids is 1. The SMILES string of the molecule is C[C@@H]1CN(C(=O)c2ccc(F)c(I)c2)CCN1. The number of hydrogen-bond donors (Lipinski definition) is 1. The largest absolute Gasteiger partial charge is 0.336 e. The summed E-state index contributed by atoms with van der Waals surface area (Å²) in [5.74, 6) is -0.299.